The molecule has 1 aliphatic heterocycles. The molecule has 0 aliphatic carbocycles. The van der Waals surface area contributed by atoms with Crippen molar-refractivity contribution in [2.24, 2.45) is 5.92 Å². The highest BCUT2D eigenvalue weighted by molar-refractivity contribution is 5.61. The van der Waals surface area contributed by atoms with E-state index in [0.717, 1.165) is 30.8 Å². The Balaban J connectivity index is 2.27. The highest BCUT2D eigenvalue weighted by Crippen LogP contribution is 2.27. The maximum absolute atomic E-state index is 9.12. The van der Waals surface area contributed by atoms with Crippen molar-refractivity contribution in [2.75, 3.05) is 24.6 Å². The molecule has 3 nitrogen and oxygen atoms in total. The monoisotopic (exact) mass is 216 g/mol. The minimum atomic E-state index is 0.240. The molecule has 1 aromatic rings. The van der Waals surface area contributed by atoms with E-state index in [4.69, 9.17) is 10.4 Å². The van der Waals surface area contributed by atoms with Crippen LogP contribution in [0.25, 0.3) is 0 Å². The zero-order valence-corrected chi connectivity index (χ0v) is 9.48. The second-order valence-electron chi connectivity index (χ2n) is 4.42. The Morgan fingerprint density at radius 2 is 2.38 bits per heavy atom. The van der Waals surface area contributed by atoms with E-state index >= 15 is 0 Å². The molecule has 0 saturated carbocycles. The lowest BCUT2D eigenvalue weighted by atomic mass is 10.1. The van der Waals surface area contributed by atoms with Gasteiger partial charge in [-0.05, 0) is 31.0 Å². The van der Waals surface area contributed by atoms with Crippen molar-refractivity contribution in [1.82, 2.24) is 0 Å². The molecule has 0 bridgehead atoms. The molecular weight excluding hydrogens is 200 g/mol. The molecule has 1 N–H and O–H groups in total. The summed E-state index contributed by atoms with van der Waals surface area (Å²) in [6.45, 7) is 4.06. The third-order valence-electron chi connectivity index (χ3n) is 3.16. The Labute approximate surface area is 95.9 Å². The van der Waals surface area contributed by atoms with Crippen LogP contribution in [0.4, 0.5) is 5.69 Å². The van der Waals surface area contributed by atoms with Crippen LogP contribution < -0.4 is 4.90 Å². The van der Waals surface area contributed by atoms with Gasteiger partial charge in [0.1, 0.15) is 6.07 Å². The van der Waals surface area contributed by atoms with Gasteiger partial charge >= 0.3 is 0 Å². The van der Waals surface area contributed by atoms with Crippen molar-refractivity contribution >= 4 is 5.69 Å². The Morgan fingerprint density at radius 1 is 1.56 bits per heavy atom. The second kappa shape index (κ2) is 4.54. The third-order valence-corrected chi connectivity index (χ3v) is 3.16. The number of nitrogens with zero attached hydrogens (tertiary/aromatic N) is 2. The predicted molar refractivity (Wildman–Crippen MR) is 63.3 cm³/mol. The molecule has 0 radical (unpaired) electrons. The molecule has 16 heavy (non-hydrogen) atoms. The first-order chi connectivity index (χ1) is 7.74. The molecule has 1 fully saturated rings. The number of hydrogen-bond donors (Lipinski definition) is 1. The SMILES string of the molecule is Cc1ccc(C#N)c(N2CCC(CO)C2)c1. The van der Waals surface area contributed by atoms with E-state index in [0.29, 0.717) is 5.92 Å². The molecular formula is C13H16N2O. The molecule has 1 unspecified atom stereocenters. The van der Waals surface area contributed by atoms with Crippen molar-refractivity contribution in [3.05, 3.63) is 29.3 Å². The minimum Gasteiger partial charge on any atom is -0.396 e. The smallest absolute Gasteiger partial charge is 0.101 e. The molecule has 1 saturated heterocycles. The van der Waals surface area contributed by atoms with Crippen molar-refractivity contribution in [3.63, 3.8) is 0 Å². The number of aliphatic hydroxyl groups is 1. The van der Waals surface area contributed by atoms with Gasteiger partial charge < -0.3 is 10.0 Å². The summed E-state index contributed by atoms with van der Waals surface area (Å²) in [6.07, 6.45) is 1.01. The van der Waals surface area contributed by atoms with Crippen LogP contribution in [0.3, 0.4) is 0 Å². The van der Waals surface area contributed by atoms with Crippen LogP contribution in [0.5, 0.6) is 0 Å². The van der Waals surface area contributed by atoms with Crippen molar-refractivity contribution in [2.45, 2.75) is 13.3 Å². The van der Waals surface area contributed by atoms with Crippen LogP contribution in [0.15, 0.2) is 18.2 Å². The van der Waals surface area contributed by atoms with E-state index in [-0.39, 0.29) is 6.61 Å². The van der Waals surface area contributed by atoms with Gasteiger partial charge in [-0.15, -0.1) is 0 Å². The highest BCUT2D eigenvalue weighted by Gasteiger charge is 2.23. The molecule has 3 heteroatoms. The van der Waals surface area contributed by atoms with E-state index in [1.54, 1.807) is 0 Å². The quantitative estimate of drug-likeness (QED) is 0.818. The fourth-order valence-electron chi connectivity index (χ4n) is 2.20. The summed E-state index contributed by atoms with van der Waals surface area (Å²) in [5.41, 5.74) is 2.91. The van der Waals surface area contributed by atoms with Gasteiger partial charge in [-0.1, -0.05) is 6.07 Å². The average molecular weight is 216 g/mol. The van der Waals surface area contributed by atoms with Crippen molar-refractivity contribution in [3.8, 4) is 6.07 Å². The van der Waals surface area contributed by atoms with E-state index in [2.05, 4.69) is 17.0 Å². The topological polar surface area (TPSA) is 47.3 Å². The number of benzene rings is 1. The lowest BCUT2D eigenvalue weighted by molar-refractivity contribution is 0.238. The van der Waals surface area contributed by atoms with Gasteiger partial charge in [-0.25, -0.2) is 0 Å². The Morgan fingerprint density at radius 3 is 3.00 bits per heavy atom. The number of aliphatic hydroxyl groups excluding tert-OH is 1. The van der Waals surface area contributed by atoms with Gasteiger partial charge in [-0.2, -0.15) is 5.26 Å². The first-order valence-electron chi connectivity index (χ1n) is 5.61. The van der Waals surface area contributed by atoms with Gasteiger partial charge in [0, 0.05) is 25.6 Å². The zero-order valence-electron chi connectivity index (χ0n) is 9.48. The first kappa shape index (κ1) is 11.0. The molecule has 1 heterocycles. The fraction of sp³-hybridized carbons (Fsp3) is 0.462. The van der Waals surface area contributed by atoms with Crippen LogP contribution in [0.1, 0.15) is 17.5 Å². The normalized spacial score (nSPS) is 19.8. The van der Waals surface area contributed by atoms with Crippen LogP contribution in [0, 0.1) is 24.2 Å². The van der Waals surface area contributed by atoms with Crippen LogP contribution in [0.2, 0.25) is 0 Å². The van der Waals surface area contributed by atoms with Crippen LogP contribution in [-0.4, -0.2) is 24.8 Å². The number of aryl methyl sites for hydroxylation is 1. The molecule has 84 valence electrons. The third kappa shape index (κ3) is 2.02. The standard InChI is InChI=1S/C13H16N2O/c1-10-2-3-12(7-14)13(6-10)15-5-4-11(8-15)9-16/h2-3,6,11,16H,4-5,8-9H2,1H3. The molecule has 1 atom stereocenters. The summed E-state index contributed by atoms with van der Waals surface area (Å²) in [5.74, 6) is 0.354. The van der Waals surface area contributed by atoms with Gasteiger partial charge in [0.05, 0.1) is 11.3 Å². The van der Waals surface area contributed by atoms with Gasteiger partial charge in [-0.3, -0.25) is 0 Å². The summed E-state index contributed by atoms with van der Waals surface area (Å²) in [6, 6.07) is 8.11. The Kier molecular flexibility index (Phi) is 3.12. The minimum absolute atomic E-state index is 0.240. The van der Waals surface area contributed by atoms with Gasteiger partial charge in [0.2, 0.25) is 0 Å². The lowest BCUT2D eigenvalue weighted by Crippen LogP contribution is -2.21. The van der Waals surface area contributed by atoms with E-state index in [1.165, 1.54) is 5.56 Å². The summed E-state index contributed by atoms with van der Waals surface area (Å²) in [5, 5.41) is 18.2. The maximum atomic E-state index is 9.12. The Bertz CT molecular complexity index is 422. The number of nitriles is 1. The summed E-state index contributed by atoms with van der Waals surface area (Å²) in [4.78, 5) is 2.20. The lowest BCUT2D eigenvalue weighted by Gasteiger charge is -2.20. The summed E-state index contributed by atoms with van der Waals surface area (Å²) in [7, 11) is 0. The summed E-state index contributed by atoms with van der Waals surface area (Å²) < 4.78 is 0. The molecule has 1 aromatic carbocycles. The van der Waals surface area contributed by atoms with Crippen LogP contribution in [-0.2, 0) is 0 Å². The van der Waals surface area contributed by atoms with Crippen molar-refractivity contribution in [1.29, 1.82) is 5.26 Å². The summed E-state index contributed by atoms with van der Waals surface area (Å²) >= 11 is 0. The van der Waals surface area contributed by atoms with Gasteiger partial charge in [0.15, 0.2) is 0 Å². The van der Waals surface area contributed by atoms with Crippen LogP contribution >= 0.6 is 0 Å². The maximum Gasteiger partial charge on any atom is 0.101 e. The number of hydrogen-bond acceptors (Lipinski definition) is 3. The van der Waals surface area contributed by atoms with E-state index < -0.39 is 0 Å². The van der Waals surface area contributed by atoms with E-state index in [9.17, 15) is 0 Å². The highest BCUT2D eigenvalue weighted by atomic mass is 16.3. The molecule has 0 amide bonds. The molecule has 0 aromatic heterocycles. The fourth-order valence-corrected chi connectivity index (χ4v) is 2.20. The van der Waals surface area contributed by atoms with Crippen molar-refractivity contribution < 1.29 is 5.11 Å². The first-order valence-corrected chi connectivity index (χ1v) is 5.61. The average Bonchev–Trinajstić information content (AvgIpc) is 2.77. The molecule has 1 aliphatic rings. The predicted octanol–water partition coefficient (Wildman–Crippen LogP) is 1.69. The van der Waals surface area contributed by atoms with E-state index in [1.807, 2.05) is 19.1 Å². The molecule has 0 spiro atoms. The second-order valence-corrected chi connectivity index (χ2v) is 4.42. The number of anilines is 1. The van der Waals surface area contributed by atoms with Gasteiger partial charge in [0.25, 0.3) is 0 Å². The Hall–Kier alpha value is -1.53. The largest absolute Gasteiger partial charge is 0.396 e. The zero-order chi connectivity index (χ0) is 11.5. The molecule has 2 rings (SSSR count). The number of rotatable bonds is 2.